The van der Waals surface area contributed by atoms with Crippen molar-refractivity contribution in [3.8, 4) is 0 Å². The third-order valence-electron chi connectivity index (χ3n) is 12.6. The monoisotopic (exact) mass is 743 g/mol. The molecule has 0 aliphatic carbocycles. The molecule has 0 aromatic rings. The van der Waals surface area contributed by atoms with Crippen LogP contribution in [0.5, 0.6) is 0 Å². The smallest absolute Gasteiger partial charge is 0.101 e. The first kappa shape index (κ1) is 50.4. The molecule has 316 valence electrons. The van der Waals surface area contributed by atoms with Crippen molar-refractivity contribution in [2.45, 2.75) is 303 Å². The summed E-state index contributed by atoms with van der Waals surface area (Å²) < 4.78 is 0. The molecule has 1 unspecified atom stereocenters. The topological polar surface area (TPSA) is 6.48 Å². The Hall–Kier alpha value is -0.660. The van der Waals surface area contributed by atoms with E-state index in [4.69, 9.17) is 0 Å². The zero-order valence-electron chi connectivity index (χ0n) is 37.4. The molecule has 0 N–H and O–H groups in total. The van der Waals surface area contributed by atoms with E-state index in [-0.39, 0.29) is 0 Å². The molecule has 0 bridgehead atoms. The van der Waals surface area contributed by atoms with Gasteiger partial charge in [-0.15, -0.1) is 0 Å². The highest BCUT2D eigenvalue weighted by Crippen LogP contribution is 2.24. The highest BCUT2D eigenvalue weighted by molar-refractivity contribution is 4.97. The fraction of sp³-hybridized carbons (Fsp3) is 0.961. The first-order valence-corrected chi connectivity index (χ1v) is 25.5. The summed E-state index contributed by atoms with van der Waals surface area (Å²) in [6.07, 6.45) is 67.9. The average Bonchev–Trinajstić information content (AvgIpc) is 3.55. The minimum Gasteiger partial charge on any atom is -0.356 e. The summed E-state index contributed by atoms with van der Waals surface area (Å²) in [6.45, 7) is 9.49. The predicted molar refractivity (Wildman–Crippen MR) is 242 cm³/mol. The summed E-state index contributed by atoms with van der Waals surface area (Å²) in [7, 11) is 0. The minimum absolute atomic E-state index is 0.636. The summed E-state index contributed by atoms with van der Waals surface area (Å²) in [5, 5.41) is 0. The molecule has 53 heavy (non-hydrogen) atoms. The lowest BCUT2D eigenvalue weighted by Gasteiger charge is -2.33. The molecule has 1 heterocycles. The fourth-order valence-electron chi connectivity index (χ4n) is 8.84. The highest BCUT2D eigenvalue weighted by Gasteiger charge is 2.24. The SMILES string of the molecule is CCCCCCCCCCCCCCCCCCCC1N(CCCCCCCCCCC)C=CN1CCCCCCCCCCCCCCCCCC. The quantitative estimate of drug-likeness (QED) is 0.0573. The van der Waals surface area contributed by atoms with Gasteiger partial charge in [0.1, 0.15) is 6.17 Å². The Kier molecular flexibility index (Phi) is 40.4. The Bertz CT molecular complexity index is 702. The lowest BCUT2D eigenvalue weighted by Crippen LogP contribution is -2.39. The van der Waals surface area contributed by atoms with Gasteiger partial charge in [0.2, 0.25) is 0 Å². The van der Waals surface area contributed by atoms with Gasteiger partial charge in [0.25, 0.3) is 0 Å². The second-order valence-corrected chi connectivity index (χ2v) is 17.8. The van der Waals surface area contributed by atoms with Crippen LogP contribution in [0.15, 0.2) is 12.4 Å². The molecule has 1 aliphatic rings. The minimum atomic E-state index is 0.636. The van der Waals surface area contributed by atoms with Crippen LogP contribution in [-0.4, -0.2) is 29.1 Å². The lowest BCUT2D eigenvalue weighted by molar-refractivity contribution is 0.135. The third-order valence-corrected chi connectivity index (χ3v) is 12.6. The molecule has 0 radical (unpaired) electrons. The van der Waals surface area contributed by atoms with Crippen molar-refractivity contribution in [1.29, 1.82) is 0 Å². The summed E-state index contributed by atoms with van der Waals surface area (Å²) in [5.74, 6) is 0. The molecule has 0 saturated carbocycles. The van der Waals surface area contributed by atoms with Gasteiger partial charge in [0.05, 0.1) is 0 Å². The number of rotatable bonds is 45. The van der Waals surface area contributed by atoms with Crippen LogP contribution in [-0.2, 0) is 0 Å². The number of nitrogens with zero attached hydrogens (tertiary/aromatic N) is 2. The molecule has 0 fully saturated rings. The van der Waals surface area contributed by atoms with Crippen molar-refractivity contribution in [3.63, 3.8) is 0 Å². The van der Waals surface area contributed by atoms with Crippen molar-refractivity contribution in [2.75, 3.05) is 13.1 Å². The van der Waals surface area contributed by atoms with Gasteiger partial charge >= 0.3 is 0 Å². The van der Waals surface area contributed by atoms with Crippen LogP contribution in [0.1, 0.15) is 297 Å². The molecule has 0 amide bonds. The fourth-order valence-corrected chi connectivity index (χ4v) is 8.84. The first-order valence-electron chi connectivity index (χ1n) is 25.5. The van der Waals surface area contributed by atoms with Crippen molar-refractivity contribution < 1.29 is 0 Å². The van der Waals surface area contributed by atoms with Gasteiger partial charge in [-0.2, -0.15) is 0 Å². The zero-order chi connectivity index (χ0) is 38.0. The molecule has 1 atom stereocenters. The van der Waals surface area contributed by atoms with Crippen LogP contribution in [0.25, 0.3) is 0 Å². The van der Waals surface area contributed by atoms with E-state index in [1.807, 2.05) is 0 Å². The first-order chi connectivity index (χ1) is 26.3. The van der Waals surface area contributed by atoms with Crippen LogP contribution >= 0.6 is 0 Å². The number of unbranched alkanes of at least 4 members (excludes halogenated alkanes) is 39. The van der Waals surface area contributed by atoms with E-state index in [9.17, 15) is 0 Å². The Morgan fingerprint density at radius 1 is 0.245 bits per heavy atom. The van der Waals surface area contributed by atoms with E-state index in [0.717, 1.165) is 0 Å². The molecule has 0 saturated heterocycles. The molecule has 1 aliphatic heterocycles. The van der Waals surface area contributed by atoms with E-state index >= 15 is 0 Å². The zero-order valence-corrected chi connectivity index (χ0v) is 37.4. The van der Waals surface area contributed by atoms with E-state index in [2.05, 4.69) is 43.0 Å². The maximum atomic E-state index is 2.74. The summed E-state index contributed by atoms with van der Waals surface area (Å²) in [5.41, 5.74) is 0. The third kappa shape index (κ3) is 34.3. The van der Waals surface area contributed by atoms with Crippen LogP contribution in [0, 0.1) is 0 Å². The molecular weight excluding hydrogens is 641 g/mol. The van der Waals surface area contributed by atoms with Crippen molar-refractivity contribution >= 4 is 0 Å². The lowest BCUT2D eigenvalue weighted by atomic mass is 10.0. The molecule has 0 aromatic carbocycles. The van der Waals surface area contributed by atoms with E-state index in [0.29, 0.717) is 6.17 Å². The molecule has 2 nitrogen and oxygen atoms in total. The molecule has 0 aromatic heterocycles. The van der Waals surface area contributed by atoms with E-state index in [1.165, 1.54) is 289 Å². The molecule has 2 heteroatoms. The largest absolute Gasteiger partial charge is 0.356 e. The second kappa shape index (κ2) is 42.5. The van der Waals surface area contributed by atoms with Gasteiger partial charge in [-0.25, -0.2) is 0 Å². The molecule has 0 spiro atoms. The predicted octanol–water partition coefficient (Wildman–Crippen LogP) is 18.2. The van der Waals surface area contributed by atoms with Crippen LogP contribution < -0.4 is 0 Å². The number of hydrogen-bond acceptors (Lipinski definition) is 2. The van der Waals surface area contributed by atoms with E-state index in [1.54, 1.807) is 0 Å². The Morgan fingerprint density at radius 2 is 0.434 bits per heavy atom. The van der Waals surface area contributed by atoms with Gasteiger partial charge in [-0.1, -0.05) is 271 Å². The normalized spacial score (nSPS) is 14.4. The highest BCUT2D eigenvalue weighted by atomic mass is 15.4. The van der Waals surface area contributed by atoms with Crippen molar-refractivity contribution in [2.24, 2.45) is 0 Å². The van der Waals surface area contributed by atoms with E-state index < -0.39 is 0 Å². The summed E-state index contributed by atoms with van der Waals surface area (Å²) >= 11 is 0. The Morgan fingerprint density at radius 3 is 0.660 bits per heavy atom. The molecule has 1 rings (SSSR count). The van der Waals surface area contributed by atoms with Gasteiger partial charge in [0, 0.05) is 25.5 Å². The average molecular weight is 743 g/mol. The molecular formula is C51H102N2. The maximum Gasteiger partial charge on any atom is 0.101 e. The van der Waals surface area contributed by atoms with Crippen molar-refractivity contribution in [1.82, 2.24) is 9.80 Å². The summed E-state index contributed by atoms with van der Waals surface area (Å²) in [6, 6.07) is 0. The van der Waals surface area contributed by atoms with Crippen LogP contribution in [0.2, 0.25) is 0 Å². The van der Waals surface area contributed by atoms with Crippen LogP contribution in [0.3, 0.4) is 0 Å². The van der Waals surface area contributed by atoms with Gasteiger partial charge in [0.15, 0.2) is 0 Å². The summed E-state index contributed by atoms with van der Waals surface area (Å²) in [4.78, 5) is 5.48. The van der Waals surface area contributed by atoms with Gasteiger partial charge in [-0.05, 0) is 25.7 Å². The maximum absolute atomic E-state index is 2.74. The Balaban J connectivity index is 2.16. The van der Waals surface area contributed by atoms with Gasteiger partial charge in [-0.3, -0.25) is 0 Å². The number of hydrogen-bond donors (Lipinski definition) is 0. The van der Waals surface area contributed by atoms with Gasteiger partial charge < -0.3 is 9.80 Å². The second-order valence-electron chi connectivity index (χ2n) is 17.8. The standard InChI is InChI=1S/C51H102N2/c1-4-7-10-13-16-19-21-23-25-27-28-30-32-34-37-40-43-46-51-52(47-44-41-38-35-18-15-12-9-6-3)49-50-53(51)48-45-42-39-36-33-31-29-26-24-22-20-17-14-11-8-5-2/h49-51H,4-48H2,1-3H3. The Labute approximate surface area is 337 Å². The van der Waals surface area contributed by atoms with Crippen LogP contribution in [0.4, 0.5) is 0 Å². The van der Waals surface area contributed by atoms with Crippen molar-refractivity contribution in [3.05, 3.63) is 12.4 Å².